The first-order chi connectivity index (χ1) is 13.3. The summed E-state index contributed by atoms with van der Waals surface area (Å²) in [4.78, 5) is 34.5. The zero-order chi connectivity index (χ0) is 21.0. The maximum absolute atomic E-state index is 12.3. The fraction of sp³-hybridized carbons (Fsp3) is 0.696. The second-order valence-electron chi connectivity index (χ2n) is 8.26. The Morgan fingerprint density at radius 3 is 2.68 bits per heavy atom. The highest BCUT2D eigenvalue weighted by molar-refractivity contribution is 6.07. The summed E-state index contributed by atoms with van der Waals surface area (Å²) in [6.45, 7) is 7.86. The fourth-order valence-corrected chi connectivity index (χ4v) is 3.60. The molecular weight excluding hydrogens is 356 g/mol. The minimum absolute atomic E-state index is 0.0647. The number of hydrogen-bond acceptors (Lipinski definition) is 5. The molecule has 0 aromatic heterocycles. The number of aldehydes is 1. The molecule has 0 aliphatic heterocycles. The number of carbonyl (C=O) groups is 3. The quantitative estimate of drug-likeness (QED) is 0.0881. The summed E-state index contributed by atoms with van der Waals surface area (Å²) in [7, 11) is 1.26. The van der Waals surface area contributed by atoms with Gasteiger partial charge in [-0.2, -0.15) is 0 Å². The molecule has 1 aliphatic rings. The summed E-state index contributed by atoms with van der Waals surface area (Å²) in [6.07, 6.45) is 12.4. The van der Waals surface area contributed by atoms with E-state index in [4.69, 9.17) is 4.74 Å². The first-order valence-electron chi connectivity index (χ1n) is 10.4. The molecule has 0 saturated heterocycles. The molecule has 0 amide bonds. The number of hydrogen-bond donors (Lipinski definition) is 0. The Bertz CT molecular complexity index is 574. The Kier molecular flexibility index (Phi) is 11.0. The van der Waals surface area contributed by atoms with Gasteiger partial charge in [-0.1, -0.05) is 38.5 Å². The summed E-state index contributed by atoms with van der Waals surface area (Å²) >= 11 is 0. The highest BCUT2D eigenvalue weighted by Crippen LogP contribution is 2.34. The number of esters is 1. The Labute approximate surface area is 169 Å². The Morgan fingerprint density at radius 1 is 1.29 bits per heavy atom. The number of methoxy groups -OCH3 is 1. The van der Waals surface area contributed by atoms with Gasteiger partial charge in [-0.05, 0) is 50.4 Å². The molecule has 2 atom stereocenters. The van der Waals surface area contributed by atoms with E-state index in [1.807, 2.05) is 6.92 Å². The first kappa shape index (κ1) is 24.3. The number of rotatable bonds is 13. The fourth-order valence-electron chi connectivity index (χ4n) is 3.60. The van der Waals surface area contributed by atoms with Crippen molar-refractivity contribution in [3.63, 3.8) is 0 Å². The number of carbonyl (C=O) groups excluding carboxylic acids is 3. The SMILES string of the molecule is CCOCC(C)(C)CC=C[C@H]1CCC(=O)[C@@H]1CCCCC=C(C=O)C(=O)OC. The van der Waals surface area contributed by atoms with Gasteiger partial charge in [-0.3, -0.25) is 9.59 Å². The van der Waals surface area contributed by atoms with E-state index in [1.54, 1.807) is 6.08 Å². The van der Waals surface area contributed by atoms with E-state index < -0.39 is 5.97 Å². The maximum atomic E-state index is 12.3. The first-order valence-corrected chi connectivity index (χ1v) is 10.4. The van der Waals surface area contributed by atoms with Crippen LogP contribution >= 0.6 is 0 Å². The van der Waals surface area contributed by atoms with E-state index in [0.29, 0.717) is 30.8 Å². The molecule has 0 spiro atoms. The maximum Gasteiger partial charge on any atom is 0.340 e. The number of allylic oxidation sites excluding steroid dienone is 3. The summed E-state index contributed by atoms with van der Waals surface area (Å²) in [6, 6.07) is 0. The zero-order valence-electron chi connectivity index (χ0n) is 17.9. The van der Waals surface area contributed by atoms with Gasteiger partial charge in [0.2, 0.25) is 0 Å². The van der Waals surface area contributed by atoms with Crippen molar-refractivity contribution in [2.24, 2.45) is 17.3 Å². The molecule has 1 rings (SSSR count). The zero-order valence-corrected chi connectivity index (χ0v) is 17.9. The minimum atomic E-state index is -0.599. The molecule has 5 nitrogen and oxygen atoms in total. The molecule has 1 aliphatic carbocycles. The number of ether oxygens (including phenoxy) is 2. The van der Waals surface area contributed by atoms with E-state index in [1.165, 1.54) is 7.11 Å². The second-order valence-corrected chi connectivity index (χ2v) is 8.26. The van der Waals surface area contributed by atoms with Crippen LogP contribution < -0.4 is 0 Å². The highest BCUT2D eigenvalue weighted by Gasteiger charge is 2.32. The molecule has 0 radical (unpaired) electrons. The third-order valence-corrected chi connectivity index (χ3v) is 5.29. The van der Waals surface area contributed by atoms with Crippen LogP contribution in [-0.4, -0.2) is 38.4 Å². The molecule has 0 unspecified atom stereocenters. The van der Waals surface area contributed by atoms with Crippen molar-refractivity contribution in [3.05, 3.63) is 23.8 Å². The van der Waals surface area contributed by atoms with Crippen molar-refractivity contribution < 1.29 is 23.9 Å². The molecule has 0 N–H and O–H groups in total. The van der Waals surface area contributed by atoms with Gasteiger partial charge in [0.1, 0.15) is 5.78 Å². The summed E-state index contributed by atoms with van der Waals surface area (Å²) < 4.78 is 10.1. The van der Waals surface area contributed by atoms with Crippen LogP contribution in [0.2, 0.25) is 0 Å². The molecule has 1 saturated carbocycles. The average Bonchev–Trinajstić information content (AvgIpc) is 3.02. The van der Waals surface area contributed by atoms with E-state index in [-0.39, 0.29) is 16.9 Å². The molecule has 0 heterocycles. The van der Waals surface area contributed by atoms with Crippen molar-refractivity contribution in [3.8, 4) is 0 Å². The van der Waals surface area contributed by atoms with Crippen LogP contribution in [0.25, 0.3) is 0 Å². The number of Topliss-reactive ketones (excluding diaryl/α,β-unsaturated/α-hetero) is 1. The van der Waals surface area contributed by atoms with E-state index in [2.05, 4.69) is 30.7 Å². The van der Waals surface area contributed by atoms with Crippen molar-refractivity contribution in [2.45, 2.75) is 65.7 Å². The molecule has 0 aromatic carbocycles. The van der Waals surface area contributed by atoms with E-state index in [9.17, 15) is 14.4 Å². The standard InChI is InChI=1S/C23H36O5/c1-5-28-17-23(2,3)15-9-11-18-13-14-21(25)20(18)12-8-6-7-10-19(16-24)22(26)27-4/h9-11,16,18,20H,5-8,12-15,17H2,1-4H3/t18-,20+/m0/s1. The third-order valence-electron chi connectivity index (χ3n) is 5.29. The van der Waals surface area contributed by atoms with Gasteiger partial charge in [0.25, 0.3) is 0 Å². The largest absolute Gasteiger partial charge is 0.465 e. The van der Waals surface area contributed by atoms with Gasteiger partial charge >= 0.3 is 5.97 Å². The molecule has 0 bridgehead atoms. The Hall–Kier alpha value is -1.75. The lowest BCUT2D eigenvalue weighted by Gasteiger charge is -2.22. The molecular formula is C23H36O5. The average molecular weight is 393 g/mol. The summed E-state index contributed by atoms with van der Waals surface area (Å²) in [5.74, 6) is 0.188. The van der Waals surface area contributed by atoms with Crippen molar-refractivity contribution >= 4 is 18.0 Å². The van der Waals surface area contributed by atoms with Gasteiger partial charge in [0.15, 0.2) is 6.29 Å². The highest BCUT2D eigenvalue weighted by atomic mass is 16.5. The van der Waals surface area contributed by atoms with Crippen LogP contribution in [-0.2, 0) is 23.9 Å². The van der Waals surface area contributed by atoms with Gasteiger partial charge in [0, 0.05) is 18.9 Å². The van der Waals surface area contributed by atoms with Crippen LogP contribution in [0.1, 0.15) is 65.7 Å². The van der Waals surface area contributed by atoms with Crippen LogP contribution in [0.5, 0.6) is 0 Å². The van der Waals surface area contributed by atoms with Gasteiger partial charge < -0.3 is 9.47 Å². The minimum Gasteiger partial charge on any atom is -0.465 e. The predicted molar refractivity (Wildman–Crippen MR) is 110 cm³/mol. The van der Waals surface area contributed by atoms with Crippen LogP contribution in [0.3, 0.4) is 0 Å². The Morgan fingerprint density at radius 2 is 2.04 bits per heavy atom. The monoisotopic (exact) mass is 392 g/mol. The van der Waals surface area contributed by atoms with E-state index >= 15 is 0 Å². The van der Waals surface area contributed by atoms with Gasteiger partial charge in [0.05, 0.1) is 19.3 Å². The third kappa shape index (κ3) is 8.51. The van der Waals surface area contributed by atoms with Gasteiger partial charge in [-0.15, -0.1) is 0 Å². The summed E-state index contributed by atoms with van der Waals surface area (Å²) in [5, 5.41) is 0. The molecule has 5 heteroatoms. The lowest BCUT2D eigenvalue weighted by Crippen LogP contribution is -2.18. The van der Waals surface area contributed by atoms with E-state index in [0.717, 1.165) is 45.3 Å². The topological polar surface area (TPSA) is 69.7 Å². The van der Waals surface area contributed by atoms with Crippen LogP contribution in [0.4, 0.5) is 0 Å². The van der Waals surface area contributed by atoms with Crippen LogP contribution in [0, 0.1) is 17.3 Å². The molecule has 1 fully saturated rings. The number of ketones is 1. The molecule has 158 valence electrons. The smallest absolute Gasteiger partial charge is 0.340 e. The normalized spacial score (nSPS) is 20.7. The lowest BCUT2D eigenvalue weighted by molar-refractivity contribution is -0.136. The molecule has 28 heavy (non-hydrogen) atoms. The predicted octanol–water partition coefficient (Wildman–Crippen LogP) is 4.45. The van der Waals surface area contributed by atoms with Crippen LogP contribution in [0.15, 0.2) is 23.8 Å². The summed E-state index contributed by atoms with van der Waals surface area (Å²) in [5.41, 5.74) is 0.169. The van der Waals surface area contributed by atoms with Crippen molar-refractivity contribution in [1.82, 2.24) is 0 Å². The Balaban J connectivity index is 2.45. The molecule has 0 aromatic rings. The number of unbranched alkanes of at least 4 members (excludes halogenated alkanes) is 2. The second kappa shape index (κ2) is 12.7. The van der Waals surface area contributed by atoms with Crippen molar-refractivity contribution in [1.29, 1.82) is 0 Å². The van der Waals surface area contributed by atoms with Gasteiger partial charge in [-0.25, -0.2) is 4.79 Å². The van der Waals surface area contributed by atoms with Crippen molar-refractivity contribution in [2.75, 3.05) is 20.3 Å². The lowest BCUT2D eigenvalue weighted by atomic mass is 9.87.